The second-order valence-electron chi connectivity index (χ2n) is 4.03. The average molecular weight is 335 g/mol. The van der Waals surface area contributed by atoms with Crippen molar-refractivity contribution in [3.8, 4) is 0 Å². The lowest BCUT2D eigenvalue weighted by atomic mass is 9.88. The summed E-state index contributed by atoms with van der Waals surface area (Å²) < 4.78 is 1.99. The summed E-state index contributed by atoms with van der Waals surface area (Å²) in [5, 5.41) is 0. The van der Waals surface area contributed by atoms with Gasteiger partial charge in [-0.15, -0.1) is 0 Å². The molecule has 82 valence electrons. The number of hydrogen-bond acceptors (Lipinski definition) is 3. The average Bonchev–Trinajstić information content (AvgIpc) is 2.14. The predicted octanol–water partition coefficient (Wildman–Crippen LogP) is 2.53. The molecule has 1 aromatic rings. The zero-order valence-electron chi connectivity index (χ0n) is 8.50. The molecule has 0 saturated carbocycles. The van der Waals surface area contributed by atoms with Crippen molar-refractivity contribution in [1.29, 1.82) is 0 Å². The Hall–Kier alpha value is -0.130. The highest BCUT2D eigenvalue weighted by molar-refractivity contribution is 9.11. The highest BCUT2D eigenvalue weighted by Gasteiger charge is 2.39. The Morgan fingerprint density at radius 1 is 1.53 bits per heavy atom. The van der Waals surface area contributed by atoms with Crippen LogP contribution in [-0.4, -0.2) is 23.6 Å². The molecule has 1 saturated heterocycles. The second kappa shape index (κ2) is 4.03. The molecule has 0 radical (unpaired) electrons. The van der Waals surface area contributed by atoms with Crippen LogP contribution in [0.15, 0.2) is 21.2 Å². The Morgan fingerprint density at radius 3 is 2.73 bits per heavy atom. The van der Waals surface area contributed by atoms with E-state index in [2.05, 4.69) is 48.7 Å². The van der Waals surface area contributed by atoms with Gasteiger partial charge in [-0.05, 0) is 44.3 Å². The van der Waals surface area contributed by atoms with Gasteiger partial charge in [-0.1, -0.05) is 6.92 Å². The number of aromatic nitrogens is 1. The lowest BCUT2D eigenvalue weighted by molar-refractivity contribution is 0.320. The minimum absolute atomic E-state index is 0.0196. The molecule has 0 bridgehead atoms. The first-order chi connectivity index (χ1) is 7.04. The van der Waals surface area contributed by atoms with E-state index in [9.17, 15) is 0 Å². The zero-order valence-corrected chi connectivity index (χ0v) is 11.7. The number of nitrogens with zero attached hydrogens (tertiary/aromatic N) is 2. The van der Waals surface area contributed by atoms with Crippen LogP contribution in [0.2, 0.25) is 0 Å². The molecule has 3 nitrogen and oxygen atoms in total. The number of anilines is 1. The van der Waals surface area contributed by atoms with Crippen LogP contribution in [0.3, 0.4) is 0 Å². The van der Waals surface area contributed by atoms with E-state index in [0.29, 0.717) is 0 Å². The summed E-state index contributed by atoms with van der Waals surface area (Å²) in [6.45, 7) is 3.90. The smallest absolute Gasteiger partial charge is 0.143 e. The van der Waals surface area contributed by atoms with Crippen molar-refractivity contribution >= 4 is 37.7 Å². The quantitative estimate of drug-likeness (QED) is 0.903. The van der Waals surface area contributed by atoms with Crippen molar-refractivity contribution in [2.45, 2.75) is 18.9 Å². The van der Waals surface area contributed by atoms with E-state index in [4.69, 9.17) is 5.73 Å². The van der Waals surface area contributed by atoms with Gasteiger partial charge in [0.15, 0.2) is 0 Å². The van der Waals surface area contributed by atoms with Gasteiger partial charge in [-0.3, -0.25) is 0 Å². The molecule has 1 aromatic heterocycles. The molecule has 5 heteroatoms. The maximum absolute atomic E-state index is 6.12. The van der Waals surface area contributed by atoms with Crippen molar-refractivity contribution in [3.05, 3.63) is 21.2 Å². The van der Waals surface area contributed by atoms with Gasteiger partial charge in [0.05, 0.1) is 10.0 Å². The standard InChI is InChI=1S/C10H13Br2N3/c1-2-10(13)5-15(6-10)9-8(12)3-7(11)4-14-9/h3-4H,2,5-6,13H2,1H3. The van der Waals surface area contributed by atoms with Crippen molar-refractivity contribution in [2.75, 3.05) is 18.0 Å². The number of hydrogen-bond donors (Lipinski definition) is 1. The summed E-state index contributed by atoms with van der Waals surface area (Å²) in [6.07, 6.45) is 2.82. The van der Waals surface area contributed by atoms with E-state index < -0.39 is 0 Å². The summed E-state index contributed by atoms with van der Waals surface area (Å²) in [7, 11) is 0. The van der Waals surface area contributed by atoms with Crippen LogP contribution >= 0.6 is 31.9 Å². The normalized spacial score (nSPS) is 18.8. The first-order valence-electron chi connectivity index (χ1n) is 4.89. The fourth-order valence-electron chi connectivity index (χ4n) is 1.73. The van der Waals surface area contributed by atoms with Crippen molar-refractivity contribution in [1.82, 2.24) is 4.98 Å². The molecule has 2 N–H and O–H groups in total. The Morgan fingerprint density at radius 2 is 2.20 bits per heavy atom. The van der Waals surface area contributed by atoms with Crippen LogP contribution in [0.1, 0.15) is 13.3 Å². The molecule has 0 aliphatic carbocycles. The third-order valence-corrected chi connectivity index (χ3v) is 3.82. The van der Waals surface area contributed by atoms with E-state index in [1.54, 1.807) is 0 Å². The van der Waals surface area contributed by atoms with Gasteiger partial charge < -0.3 is 10.6 Å². The van der Waals surface area contributed by atoms with Crippen molar-refractivity contribution < 1.29 is 0 Å². The Balaban J connectivity index is 2.13. The van der Waals surface area contributed by atoms with Gasteiger partial charge in [-0.25, -0.2) is 4.98 Å². The first-order valence-corrected chi connectivity index (χ1v) is 6.47. The lowest BCUT2D eigenvalue weighted by Gasteiger charge is -2.48. The number of nitrogens with two attached hydrogens (primary N) is 1. The minimum Gasteiger partial charge on any atom is -0.352 e. The predicted molar refractivity (Wildman–Crippen MR) is 69.1 cm³/mol. The second-order valence-corrected chi connectivity index (χ2v) is 5.80. The van der Waals surface area contributed by atoms with Crippen molar-refractivity contribution in [2.24, 2.45) is 5.73 Å². The van der Waals surface area contributed by atoms with Gasteiger partial charge in [-0.2, -0.15) is 0 Å². The number of halogens is 2. The van der Waals surface area contributed by atoms with E-state index in [-0.39, 0.29) is 5.54 Å². The molecule has 0 unspecified atom stereocenters. The lowest BCUT2D eigenvalue weighted by Crippen LogP contribution is -2.67. The molecule has 0 spiro atoms. The molecular formula is C10H13Br2N3. The highest BCUT2D eigenvalue weighted by Crippen LogP contribution is 2.33. The van der Waals surface area contributed by atoms with E-state index in [1.165, 1.54) is 0 Å². The highest BCUT2D eigenvalue weighted by atomic mass is 79.9. The van der Waals surface area contributed by atoms with Gasteiger partial charge in [0.25, 0.3) is 0 Å². The Kier molecular flexibility index (Phi) is 3.05. The number of pyridine rings is 1. The molecular weight excluding hydrogens is 322 g/mol. The maximum Gasteiger partial charge on any atom is 0.143 e. The summed E-state index contributed by atoms with van der Waals surface area (Å²) in [6, 6.07) is 2.00. The summed E-state index contributed by atoms with van der Waals surface area (Å²) in [5.74, 6) is 0.979. The third kappa shape index (κ3) is 2.19. The SMILES string of the molecule is CCC1(N)CN(c2ncc(Br)cc2Br)C1. The van der Waals surface area contributed by atoms with Crippen LogP contribution < -0.4 is 10.6 Å². The third-order valence-electron chi connectivity index (χ3n) is 2.80. The van der Waals surface area contributed by atoms with E-state index in [0.717, 1.165) is 34.3 Å². The Bertz CT molecular complexity index is 375. The van der Waals surface area contributed by atoms with E-state index >= 15 is 0 Å². The number of rotatable bonds is 2. The molecule has 0 atom stereocenters. The fourth-order valence-corrected chi connectivity index (χ4v) is 2.97. The summed E-state index contributed by atoms with van der Waals surface area (Å²) >= 11 is 6.89. The van der Waals surface area contributed by atoms with E-state index in [1.807, 2.05) is 12.3 Å². The van der Waals surface area contributed by atoms with Gasteiger partial charge >= 0.3 is 0 Å². The maximum atomic E-state index is 6.12. The van der Waals surface area contributed by atoms with Crippen LogP contribution in [0.5, 0.6) is 0 Å². The van der Waals surface area contributed by atoms with Crippen LogP contribution in [0.4, 0.5) is 5.82 Å². The van der Waals surface area contributed by atoms with Crippen LogP contribution in [0.25, 0.3) is 0 Å². The molecule has 2 heterocycles. The molecule has 1 fully saturated rings. The first kappa shape index (κ1) is 11.4. The van der Waals surface area contributed by atoms with Crippen molar-refractivity contribution in [3.63, 3.8) is 0 Å². The molecule has 1 aliphatic heterocycles. The molecule has 15 heavy (non-hydrogen) atoms. The monoisotopic (exact) mass is 333 g/mol. The Labute approximate surface area is 106 Å². The molecule has 0 amide bonds. The summed E-state index contributed by atoms with van der Waals surface area (Å²) in [5.41, 5.74) is 6.10. The zero-order chi connectivity index (χ0) is 11.1. The molecule has 0 aromatic carbocycles. The summed E-state index contributed by atoms with van der Waals surface area (Å²) in [4.78, 5) is 6.57. The van der Waals surface area contributed by atoms with Gasteiger partial charge in [0.1, 0.15) is 5.82 Å². The minimum atomic E-state index is -0.0196. The topological polar surface area (TPSA) is 42.1 Å². The molecule has 2 rings (SSSR count). The van der Waals surface area contributed by atoms with Gasteiger partial charge in [0.2, 0.25) is 0 Å². The van der Waals surface area contributed by atoms with Crippen LogP contribution in [0, 0.1) is 0 Å². The molecule has 1 aliphatic rings. The largest absolute Gasteiger partial charge is 0.352 e. The van der Waals surface area contributed by atoms with Gasteiger partial charge in [0, 0.05) is 23.8 Å². The fraction of sp³-hybridized carbons (Fsp3) is 0.500. The van der Waals surface area contributed by atoms with Crippen LogP contribution in [-0.2, 0) is 0 Å².